The summed E-state index contributed by atoms with van der Waals surface area (Å²) in [6.07, 6.45) is 4.79. The van der Waals surface area contributed by atoms with Crippen molar-refractivity contribution in [2.75, 3.05) is 13.7 Å². The quantitative estimate of drug-likeness (QED) is 0.451. The van der Waals surface area contributed by atoms with E-state index in [0.717, 1.165) is 52.6 Å². The van der Waals surface area contributed by atoms with Crippen LogP contribution in [0.4, 0.5) is 0 Å². The van der Waals surface area contributed by atoms with Gasteiger partial charge in [0.15, 0.2) is 6.61 Å². The molecule has 7 heteroatoms. The molecule has 34 heavy (non-hydrogen) atoms. The minimum atomic E-state index is -0.563. The molecule has 0 spiro atoms. The molecule has 0 saturated heterocycles. The van der Waals surface area contributed by atoms with Gasteiger partial charge in [-0.15, -0.1) is 0 Å². The Kier molecular flexibility index (Phi) is 9.39. The highest BCUT2D eigenvalue weighted by molar-refractivity contribution is 9.10. The molecule has 0 bridgehead atoms. The SMILES string of the molecule is CC[C@@H](C(=O)NC1CCCC1)N(Cc1ccc(OC)cc1)C(=O)COc1cc(C)c(Br)c(C)c1. The zero-order chi connectivity index (χ0) is 24.7. The van der Waals surface area contributed by atoms with E-state index in [0.29, 0.717) is 18.7 Å². The maximum absolute atomic E-state index is 13.4. The van der Waals surface area contributed by atoms with Crippen molar-refractivity contribution in [3.8, 4) is 11.5 Å². The van der Waals surface area contributed by atoms with Gasteiger partial charge in [-0.3, -0.25) is 9.59 Å². The predicted molar refractivity (Wildman–Crippen MR) is 137 cm³/mol. The van der Waals surface area contributed by atoms with Crippen LogP contribution < -0.4 is 14.8 Å². The Bertz CT molecular complexity index is 964. The Balaban J connectivity index is 1.78. The topological polar surface area (TPSA) is 67.9 Å². The van der Waals surface area contributed by atoms with Crippen molar-refractivity contribution in [1.29, 1.82) is 0 Å². The summed E-state index contributed by atoms with van der Waals surface area (Å²) in [5.74, 6) is 1.07. The van der Waals surface area contributed by atoms with Gasteiger partial charge in [-0.25, -0.2) is 0 Å². The number of hydrogen-bond acceptors (Lipinski definition) is 4. The molecule has 6 nitrogen and oxygen atoms in total. The number of carbonyl (C=O) groups excluding carboxylic acids is 2. The van der Waals surface area contributed by atoms with Crippen molar-refractivity contribution in [3.63, 3.8) is 0 Å². The lowest BCUT2D eigenvalue weighted by Crippen LogP contribution is -2.52. The fourth-order valence-electron chi connectivity index (χ4n) is 4.43. The van der Waals surface area contributed by atoms with Crippen molar-refractivity contribution in [3.05, 3.63) is 57.6 Å². The second-order valence-electron chi connectivity index (χ2n) is 8.94. The maximum Gasteiger partial charge on any atom is 0.261 e. The predicted octanol–water partition coefficient (Wildman–Crippen LogP) is 5.32. The molecular weight excluding hydrogens is 496 g/mol. The summed E-state index contributed by atoms with van der Waals surface area (Å²) in [5.41, 5.74) is 3.01. The molecule has 1 saturated carbocycles. The first-order chi connectivity index (χ1) is 16.3. The van der Waals surface area contributed by atoms with Gasteiger partial charge in [-0.2, -0.15) is 0 Å². The summed E-state index contributed by atoms with van der Waals surface area (Å²) in [4.78, 5) is 28.3. The van der Waals surface area contributed by atoms with Gasteiger partial charge in [0.2, 0.25) is 5.91 Å². The molecule has 1 aliphatic rings. The second-order valence-corrected chi connectivity index (χ2v) is 9.74. The highest BCUT2D eigenvalue weighted by atomic mass is 79.9. The summed E-state index contributed by atoms with van der Waals surface area (Å²) in [6.45, 7) is 6.10. The monoisotopic (exact) mass is 530 g/mol. The minimum absolute atomic E-state index is 0.0911. The van der Waals surface area contributed by atoms with Gasteiger partial charge >= 0.3 is 0 Å². The summed E-state index contributed by atoms with van der Waals surface area (Å²) in [6, 6.07) is 11.0. The number of nitrogens with one attached hydrogen (secondary N) is 1. The van der Waals surface area contributed by atoms with E-state index in [1.54, 1.807) is 12.0 Å². The lowest BCUT2D eigenvalue weighted by atomic mass is 10.1. The number of amides is 2. The minimum Gasteiger partial charge on any atom is -0.497 e. The number of methoxy groups -OCH3 is 1. The number of halogens is 1. The maximum atomic E-state index is 13.4. The molecule has 184 valence electrons. The van der Waals surface area contributed by atoms with Gasteiger partial charge in [0.05, 0.1) is 7.11 Å². The van der Waals surface area contributed by atoms with Gasteiger partial charge in [-0.1, -0.05) is 47.8 Å². The van der Waals surface area contributed by atoms with Gasteiger partial charge in [-0.05, 0) is 74.1 Å². The second kappa shape index (κ2) is 12.2. The Hall–Kier alpha value is -2.54. The molecule has 0 aliphatic heterocycles. The number of nitrogens with zero attached hydrogens (tertiary/aromatic N) is 1. The molecule has 2 aromatic rings. The van der Waals surface area contributed by atoms with E-state index in [9.17, 15) is 9.59 Å². The smallest absolute Gasteiger partial charge is 0.261 e. The van der Waals surface area contributed by atoms with Crippen molar-refractivity contribution in [1.82, 2.24) is 10.2 Å². The fraction of sp³-hybridized carbons (Fsp3) is 0.481. The molecular formula is C27H35BrN2O4. The van der Waals surface area contributed by atoms with Gasteiger partial charge < -0.3 is 19.7 Å². The average molecular weight is 531 g/mol. The molecule has 2 aromatic carbocycles. The van der Waals surface area contributed by atoms with Crippen LogP contribution >= 0.6 is 15.9 Å². The number of hydrogen-bond donors (Lipinski definition) is 1. The number of benzene rings is 2. The lowest BCUT2D eigenvalue weighted by Gasteiger charge is -2.31. The van der Waals surface area contributed by atoms with Crippen LogP contribution in [0.3, 0.4) is 0 Å². The van der Waals surface area contributed by atoms with E-state index < -0.39 is 6.04 Å². The van der Waals surface area contributed by atoms with E-state index >= 15 is 0 Å². The van der Waals surface area contributed by atoms with Crippen molar-refractivity contribution in [2.24, 2.45) is 0 Å². The van der Waals surface area contributed by atoms with Crippen LogP contribution in [0.2, 0.25) is 0 Å². The average Bonchev–Trinajstić information content (AvgIpc) is 3.34. The molecule has 0 unspecified atom stereocenters. The third kappa shape index (κ3) is 6.75. The van der Waals surface area contributed by atoms with Crippen molar-refractivity contribution >= 4 is 27.7 Å². The first-order valence-electron chi connectivity index (χ1n) is 11.9. The highest BCUT2D eigenvalue weighted by Crippen LogP contribution is 2.26. The molecule has 1 fully saturated rings. The number of rotatable bonds is 10. The summed E-state index contributed by atoms with van der Waals surface area (Å²) in [5, 5.41) is 3.17. The van der Waals surface area contributed by atoms with Crippen LogP contribution in [0.25, 0.3) is 0 Å². The van der Waals surface area contributed by atoms with Crippen LogP contribution in [0.1, 0.15) is 55.7 Å². The largest absolute Gasteiger partial charge is 0.497 e. The van der Waals surface area contributed by atoms with Crippen molar-refractivity contribution < 1.29 is 19.1 Å². The Labute approximate surface area is 211 Å². The zero-order valence-corrected chi connectivity index (χ0v) is 22.1. The van der Waals surface area contributed by atoms with E-state index in [1.807, 2.05) is 57.2 Å². The highest BCUT2D eigenvalue weighted by Gasteiger charge is 2.31. The normalized spacial score (nSPS) is 14.5. The van der Waals surface area contributed by atoms with Gasteiger partial charge in [0.25, 0.3) is 5.91 Å². The van der Waals surface area contributed by atoms with Gasteiger partial charge in [0, 0.05) is 17.1 Å². The molecule has 3 rings (SSSR count). The molecule has 2 amide bonds. The first kappa shape index (κ1) is 26.1. The van der Waals surface area contributed by atoms with Crippen LogP contribution in [0.15, 0.2) is 40.9 Å². The van der Waals surface area contributed by atoms with E-state index in [4.69, 9.17) is 9.47 Å². The molecule has 0 radical (unpaired) electrons. The van der Waals surface area contributed by atoms with Crippen LogP contribution in [-0.4, -0.2) is 42.5 Å². The third-order valence-corrected chi connectivity index (χ3v) is 7.62. The molecule has 1 aliphatic carbocycles. The number of carbonyl (C=O) groups is 2. The summed E-state index contributed by atoms with van der Waals surface area (Å²) in [7, 11) is 1.62. The van der Waals surface area contributed by atoms with E-state index in [1.165, 1.54) is 0 Å². The van der Waals surface area contributed by atoms with E-state index in [2.05, 4.69) is 21.2 Å². The van der Waals surface area contributed by atoms with Crippen LogP contribution in [0.5, 0.6) is 11.5 Å². The summed E-state index contributed by atoms with van der Waals surface area (Å²) < 4.78 is 12.2. The van der Waals surface area contributed by atoms with Crippen LogP contribution in [0, 0.1) is 13.8 Å². The standard InChI is InChI=1S/C27H35BrN2O4/c1-5-24(27(32)29-21-8-6-7-9-21)30(16-20-10-12-22(33-4)13-11-20)25(31)17-34-23-14-18(2)26(28)19(3)15-23/h10-15,21,24H,5-9,16-17H2,1-4H3,(H,29,32)/t24-/m0/s1. The third-order valence-electron chi connectivity index (χ3n) is 6.37. The lowest BCUT2D eigenvalue weighted by molar-refractivity contribution is -0.143. The van der Waals surface area contributed by atoms with Crippen molar-refractivity contribution in [2.45, 2.75) is 71.5 Å². The molecule has 0 aromatic heterocycles. The fourth-order valence-corrected chi connectivity index (χ4v) is 4.66. The molecule has 1 N–H and O–H groups in total. The first-order valence-corrected chi connectivity index (χ1v) is 12.7. The van der Waals surface area contributed by atoms with Crippen LogP contribution in [-0.2, 0) is 16.1 Å². The zero-order valence-electron chi connectivity index (χ0n) is 20.5. The summed E-state index contributed by atoms with van der Waals surface area (Å²) >= 11 is 3.56. The molecule has 1 atom stereocenters. The number of aryl methyl sites for hydroxylation is 2. The Morgan fingerprint density at radius 1 is 1.09 bits per heavy atom. The Morgan fingerprint density at radius 2 is 1.71 bits per heavy atom. The number of ether oxygens (including phenoxy) is 2. The Morgan fingerprint density at radius 3 is 2.26 bits per heavy atom. The molecule has 0 heterocycles. The van der Waals surface area contributed by atoms with E-state index in [-0.39, 0.29) is 24.5 Å². The van der Waals surface area contributed by atoms with Gasteiger partial charge in [0.1, 0.15) is 17.5 Å².